The lowest BCUT2D eigenvalue weighted by Crippen LogP contribution is -2.40. The van der Waals surface area contributed by atoms with Crippen LogP contribution < -0.4 is 5.32 Å². The maximum absolute atomic E-state index is 4.58. The summed E-state index contributed by atoms with van der Waals surface area (Å²) in [5, 5.41) is 9.14. The van der Waals surface area contributed by atoms with Gasteiger partial charge >= 0.3 is 0 Å². The summed E-state index contributed by atoms with van der Waals surface area (Å²) in [7, 11) is 2.01. The van der Waals surface area contributed by atoms with Gasteiger partial charge in [0.2, 0.25) is 0 Å². The van der Waals surface area contributed by atoms with E-state index in [2.05, 4.69) is 36.7 Å². The zero-order valence-corrected chi connectivity index (χ0v) is 13.5. The van der Waals surface area contributed by atoms with Gasteiger partial charge in [-0.2, -0.15) is 16.9 Å². The smallest absolute Gasteiger partial charge is 0.0694 e. The summed E-state index contributed by atoms with van der Waals surface area (Å²) in [5.74, 6) is 0.501. The molecule has 1 saturated carbocycles. The maximum Gasteiger partial charge on any atom is 0.0694 e. The molecule has 2 atom stereocenters. The minimum Gasteiger partial charge on any atom is -0.309 e. The van der Waals surface area contributed by atoms with Crippen molar-refractivity contribution < 1.29 is 0 Å². The summed E-state index contributed by atoms with van der Waals surface area (Å²) in [6, 6.07) is 0.670. The van der Waals surface area contributed by atoms with Crippen LogP contribution in [0, 0.1) is 0 Å². The van der Waals surface area contributed by atoms with Crippen LogP contribution in [0.25, 0.3) is 0 Å². The fourth-order valence-electron chi connectivity index (χ4n) is 3.03. The Kier molecular flexibility index (Phi) is 5.34. The van der Waals surface area contributed by atoms with Gasteiger partial charge in [-0.15, -0.1) is 0 Å². The predicted octanol–water partition coefficient (Wildman–Crippen LogP) is 3.31. The first-order chi connectivity index (χ1) is 9.11. The summed E-state index contributed by atoms with van der Waals surface area (Å²) in [5.41, 5.74) is 2.61. The van der Waals surface area contributed by atoms with Crippen LogP contribution in [0.5, 0.6) is 0 Å². The standard InChI is InChI=1S/C15H27N3S/c1-11(2)15-12(10-18(3)17-15)9-16-13-7-5-6-8-14(13)19-4/h10-11,13-14,16H,5-9H2,1-4H3. The number of aromatic nitrogens is 2. The van der Waals surface area contributed by atoms with Crippen LogP contribution in [-0.2, 0) is 13.6 Å². The molecule has 4 heteroatoms. The Hall–Kier alpha value is -0.480. The molecule has 0 radical (unpaired) electrons. The van der Waals surface area contributed by atoms with E-state index in [0.29, 0.717) is 12.0 Å². The molecule has 0 amide bonds. The zero-order valence-electron chi connectivity index (χ0n) is 12.6. The summed E-state index contributed by atoms with van der Waals surface area (Å²) in [6.45, 7) is 5.40. The minimum atomic E-state index is 0.501. The Morgan fingerprint density at radius 1 is 1.42 bits per heavy atom. The largest absolute Gasteiger partial charge is 0.309 e. The Labute approximate surface area is 121 Å². The molecule has 0 saturated heterocycles. The zero-order chi connectivity index (χ0) is 13.8. The van der Waals surface area contributed by atoms with E-state index in [1.165, 1.54) is 36.9 Å². The van der Waals surface area contributed by atoms with Crippen LogP contribution in [-0.4, -0.2) is 27.3 Å². The third-order valence-corrected chi connectivity index (χ3v) is 5.21. The highest BCUT2D eigenvalue weighted by molar-refractivity contribution is 7.99. The average Bonchev–Trinajstić information content (AvgIpc) is 2.78. The van der Waals surface area contributed by atoms with Crippen molar-refractivity contribution in [3.05, 3.63) is 17.5 Å². The first-order valence-corrected chi connectivity index (χ1v) is 8.69. The first-order valence-electron chi connectivity index (χ1n) is 7.40. The van der Waals surface area contributed by atoms with Crippen molar-refractivity contribution in [3.8, 4) is 0 Å². The second kappa shape index (κ2) is 6.80. The Balaban J connectivity index is 1.97. The van der Waals surface area contributed by atoms with Gasteiger partial charge < -0.3 is 5.32 Å². The Bertz CT molecular complexity index is 400. The number of nitrogens with zero attached hydrogens (tertiary/aromatic N) is 2. The Morgan fingerprint density at radius 3 is 2.84 bits per heavy atom. The molecule has 3 nitrogen and oxygen atoms in total. The minimum absolute atomic E-state index is 0.501. The van der Waals surface area contributed by atoms with Crippen molar-refractivity contribution in [1.82, 2.24) is 15.1 Å². The van der Waals surface area contributed by atoms with Gasteiger partial charge in [0, 0.05) is 36.6 Å². The van der Waals surface area contributed by atoms with Crippen molar-refractivity contribution >= 4 is 11.8 Å². The van der Waals surface area contributed by atoms with Crippen molar-refractivity contribution in [3.63, 3.8) is 0 Å². The third-order valence-electron chi connectivity index (χ3n) is 4.04. The molecular weight excluding hydrogens is 254 g/mol. The highest BCUT2D eigenvalue weighted by Gasteiger charge is 2.24. The van der Waals surface area contributed by atoms with E-state index in [1.807, 2.05) is 23.5 Å². The summed E-state index contributed by atoms with van der Waals surface area (Å²) in [6.07, 6.45) is 9.87. The SMILES string of the molecule is CSC1CCCCC1NCc1cn(C)nc1C(C)C. The second-order valence-electron chi connectivity index (χ2n) is 5.91. The molecule has 1 aliphatic rings. The highest BCUT2D eigenvalue weighted by Crippen LogP contribution is 2.27. The lowest BCUT2D eigenvalue weighted by atomic mass is 9.94. The molecule has 19 heavy (non-hydrogen) atoms. The molecule has 0 aliphatic heterocycles. The van der Waals surface area contributed by atoms with Gasteiger partial charge in [-0.05, 0) is 25.0 Å². The molecule has 0 spiro atoms. The number of aryl methyl sites for hydroxylation is 1. The topological polar surface area (TPSA) is 29.9 Å². The van der Waals surface area contributed by atoms with Gasteiger partial charge in [0.25, 0.3) is 0 Å². The van der Waals surface area contributed by atoms with Crippen LogP contribution in [0.15, 0.2) is 6.20 Å². The number of hydrogen-bond acceptors (Lipinski definition) is 3. The lowest BCUT2D eigenvalue weighted by molar-refractivity contribution is 0.382. The molecule has 2 unspecified atom stereocenters. The van der Waals surface area contributed by atoms with Crippen LogP contribution >= 0.6 is 11.8 Å². The van der Waals surface area contributed by atoms with E-state index in [4.69, 9.17) is 0 Å². The molecule has 0 bridgehead atoms. The maximum atomic E-state index is 4.58. The van der Waals surface area contributed by atoms with Gasteiger partial charge in [0.05, 0.1) is 5.69 Å². The third kappa shape index (κ3) is 3.76. The average molecular weight is 281 g/mol. The van der Waals surface area contributed by atoms with Gasteiger partial charge in [0.1, 0.15) is 0 Å². The fraction of sp³-hybridized carbons (Fsp3) is 0.800. The van der Waals surface area contributed by atoms with E-state index in [0.717, 1.165) is 11.8 Å². The molecule has 1 aliphatic carbocycles. The summed E-state index contributed by atoms with van der Waals surface area (Å²) < 4.78 is 1.94. The monoisotopic (exact) mass is 281 g/mol. The molecule has 1 heterocycles. The van der Waals surface area contributed by atoms with E-state index < -0.39 is 0 Å². The van der Waals surface area contributed by atoms with E-state index in [1.54, 1.807) is 0 Å². The van der Waals surface area contributed by atoms with Crippen LogP contribution in [0.3, 0.4) is 0 Å². The molecule has 1 fully saturated rings. The van der Waals surface area contributed by atoms with E-state index in [9.17, 15) is 0 Å². The molecule has 108 valence electrons. The van der Waals surface area contributed by atoms with Gasteiger partial charge in [-0.3, -0.25) is 4.68 Å². The van der Waals surface area contributed by atoms with Gasteiger partial charge in [-0.25, -0.2) is 0 Å². The number of hydrogen-bond donors (Lipinski definition) is 1. The van der Waals surface area contributed by atoms with Crippen molar-refractivity contribution in [1.29, 1.82) is 0 Å². The second-order valence-corrected chi connectivity index (χ2v) is 6.99. The van der Waals surface area contributed by atoms with Crippen LogP contribution in [0.2, 0.25) is 0 Å². The molecule has 2 rings (SSSR count). The predicted molar refractivity (Wildman–Crippen MR) is 83.7 cm³/mol. The highest BCUT2D eigenvalue weighted by atomic mass is 32.2. The van der Waals surface area contributed by atoms with Gasteiger partial charge in [-0.1, -0.05) is 26.7 Å². The van der Waals surface area contributed by atoms with Gasteiger partial charge in [0.15, 0.2) is 0 Å². The van der Waals surface area contributed by atoms with Crippen molar-refractivity contribution in [2.24, 2.45) is 7.05 Å². The molecular formula is C15H27N3S. The van der Waals surface area contributed by atoms with Crippen LogP contribution in [0.1, 0.15) is 56.7 Å². The van der Waals surface area contributed by atoms with Crippen molar-refractivity contribution in [2.75, 3.05) is 6.26 Å². The number of thioether (sulfide) groups is 1. The summed E-state index contributed by atoms with van der Waals surface area (Å²) >= 11 is 2.02. The van der Waals surface area contributed by atoms with Crippen LogP contribution in [0.4, 0.5) is 0 Å². The molecule has 1 aromatic rings. The van der Waals surface area contributed by atoms with Crippen molar-refractivity contribution in [2.45, 2.75) is 63.3 Å². The fourth-order valence-corrected chi connectivity index (χ4v) is 3.99. The quantitative estimate of drug-likeness (QED) is 0.898. The molecule has 1 aromatic heterocycles. The number of rotatable bonds is 5. The Morgan fingerprint density at radius 2 is 2.16 bits per heavy atom. The molecule has 0 aromatic carbocycles. The molecule has 1 N–H and O–H groups in total. The summed E-state index contributed by atoms with van der Waals surface area (Å²) in [4.78, 5) is 0. The normalized spacial score (nSPS) is 24.1. The first kappa shape index (κ1) is 14.9. The number of nitrogens with one attached hydrogen (secondary N) is 1. The van der Waals surface area contributed by atoms with E-state index in [-0.39, 0.29) is 0 Å². The van der Waals surface area contributed by atoms with E-state index >= 15 is 0 Å². The lowest BCUT2D eigenvalue weighted by Gasteiger charge is -2.31.